The van der Waals surface area contributed by atoms with Gasteiger partial charge in [-0.15, -0.1) is 0 Å². The molecule has 1 heterocycles. The zero-order valence-corrected chi connectivity index (χ0v) is 12.4. The van der Waals surface area contributed by atoms with Crippen molar-refractivity contribution in [2.24, 2.45) is 0 Å². The van der Waals surface area contributed by atoms with E-state index in [1.807, 2.05) is 19.1 Å². The van der Waals surface area contributed by atoms with Crippen LogP contribution in [0.1, 0.15) is 11.4 Å². The number of sulfonamides is 1. The average molecular weight is 312 g/mol. The summed E-state index contributed by atoms with van der Waals surface area (Å²) in [7, 11) is -3.64. The van der Waals surface area contributed by atoms with Crippen LogP contribution in [0.4, 0.5) is 5.69 Å². The molecule has 2 aromatic rings. The maximum Gasteiger partial charge on any atom is 0.240 e. The molecule has 1 aromatic carbocycles. The second-order valence-electron chi connectivity index (χ2n) is 4.28. The maximum atomic E-state index is 12.1. The third kappa shape index (κ3) is 3.47. The number of anilines is 1. The van der Waals surface area contributed by atoms with Gasteiger partial charge in [0, 0.05) is 5.69 Å². The molecule has 3 N–H and O–H groups in total. The molecule has 0 aliphatic carbocycles. The van der Waals surface area contributed by atoms with Gasteiger partial charge >= 0.3 is 0 Å². The first kappa shape index (κ1) is 14.8. The van der Waals surface area contributed by atoms with E-state index in [-0.39, 0.29) is 17.1 Å². The van der Waals surface area contributed by atoms with Gasteiger partial charge in [-0.05, 0) is 37.3 Å². The van der Waals surface area contributed by atoms with E-state index in [4.69, 9.17) is 17.3 Å². The summed E-state index contributed by atoms with van der Waals surface area (Å²) in [5, 5.41) is 0.323. The minimum atomic E-state index is -3.64. The molecule has 0 amide bonds. The van der Waals surface area contributed by atoms with Crippen LogP contribution >= 0.6 is 11.6 Å². The van der Waals surface area contributed by atoms with E-state index in [2.05, 4.69) is 9.71 Å². The van der Waals surface area contributed by atoms with Crippen molar-refractivity contribution in [1.82, 2.24) is 9.71 Å². The first-order valence-electron chi connectivity index (χ1n) is 5.86. The van der Waals surface area contributed by atoms with Crippen LogP contribution in [0.2, 0.25) is 5.02 Å². The van der Waals surface area contributed by atoms with Crippen molar-refractivity contribution in [2.75, 3.05) is 5.73 Å². The summed E-state index contributed by atoms with van der Waals surface area (Å²) in [6.45, 7) is 1.96. The normalized spacial score (nSPS) is 11.5. The molecular weight excluding hydrogens is 298 g/mol. The summed E-state index contributed by atoms with van der Waals surface area (Å²) in [6.07, 6.45) is 0. The third-order valence-electron chi connectivity index (χ3n) is 2.67. The number of nitrogens with zero attached hydrogens (tertiary/aromatic N) is 1. The molecule has 0 fully saturated rings. The highest BCUT2D eigenvalue weighted by Crippen LogP contribution is 2.22. The Morgan fingerprint density at radius 3 is 2.70 bits per heavy atom. The highest BCUT2D eigenvalue weighted by atomic mass is 35.5. The SMILES string of the molecule is Cc1cccc(CNS(=O)(=O)c2ccc(Cl)c(N)c2)n1. The lowest BCUT2D eigenvalue weighted by Crippen LogP contribution is -2.23. The second-order valence-corrected chi connectivity index (χ2v) is 6.45. The van der Waals surface area contributed by atoms with Crippen molar-refractivity contribution in [3.63, 3.8) is 0 Å². The smallest absolute Gasteiger partial charge is 0.240 e. The van der Waals surface area contributed by atoms with E-state index >= 15 is 0 Å². The first-order chi connectivity index (χ1) is 9.38. The number of rotatable bonds is 4. The van der Waals surface area contributed by atoms with Crippen molar-refractivity contribution in [1.29, 1.82) is 0 Å². The number of aromatic nitrogens is 1. The molecule has 106 valence electrons. The molecule has 0 saturated carbocycles. The molecule has 5 nitrogen and oxygen atoms in total. The van der Waals surface area contributed by atoms with Gasteiger partial charge in [-0.25, -0.2) is 13.1 Å². The Morgan fingerprint density at radius 2 is 2.05 bits per heavy atom. The molecule has 0 atom stereocenters. The van der Waals surface area contributed by atoms with Crippen molar-refractivity contribution in [3.8, 4) is 0 Å². The molecule has 0 saturated heterocycles. The number of hydrogen-bond acceptors (Lipinski definition) is 4. The van der Waals surface area contributed by atoms with Gasteiger partial charge in [-0.3, -0.25) is 4.98 Å². The number of aryl methyl sites for hydroxylation is 1. The zero-order valence-electron chi connectivity index (χ0n) is 10.8. The number of nitrogens with one attached hydrogen (secondary N) is 1. The van der Waals surface area contributed by atoms with Crippen molar-refractivity contribution < 1.29 is 8.42 Å². The van der Waals surface area contributed by atoms with E-state index in [9.17, 15) is 8.42 Å². The fourth-order valence-electron chi connectivity index (χ4n) is 1.64. The molecule has 2 rings (SSSR count). The molecule has 0 unspecified atom stereocenters. The molecule has 1 aromatic heterocycles. The topological polar surface area (TPSA) is 85.1 Å². The van der Waals surface area contributed by atoms with Crippen molar-refractivity contribution in [2.45, 2.75) is 18.4 Å². The van der Waals surface area contributed by atoms with Gasteiger partial charge in [-0.2, -0.15) is 0 Å². The molecule has 0 radical (unpaired) electrons. The Bertz CT molecular complexity index is 732. The quantitative estimate of drug-likeness (QED) is 0.847. The van der Waals surface area contributed by atoms with Gasteiger partial charge in [0.05, 0.1) is 27.8 Å². The summed E-state index contributed by atoms with van der Waals surface area (Å²) in [5.74, 6) is 0. The largest absolute Gasteiger partial charge is 0.397 e. The summed E-state index contributed by atoms with van der Waals surface area (Å²) in [5.41, 5.74) is 7.31. The number of nitrogens with two attached hydrogens (primary N) is 1. The van der Waals surface area contributed by atoms with Crippen LogP contribution in [0.5, 0.6) is 0 Å². The monoisotopic (exact) mass is 311 g/mol. The van der Waals surface area contributed by atoms with Crippen LogP contribution in [-0.2, 0) is 16.6 Å². The van der Waals surface area contributed by atoms with Crippen molar-refractivity contribution >= 4 is 27.3 Å². The zero-order chi connectivity index (χ0) is 14.8. The Labute approximate surface area is 122 Å². The van der Waals surface area contributed by atoms with E-state index in [0.29, 0.717) is 10.7 Å². The minimum Gasteiger partial charge on any atom is -0.397 e. The van der Waals surface area contributed by atoms with Crippen LogP contribution in [0.3, 0.4) is 0 Å². The average Bonchev–Trinajstić information content (AvgIpc) is 2.40. The Balaban J connectivity index is 2.17. The predicted molar refractivity (Wildman–Crippen MR) is 78.9 cm³/mol. The van der Waals surface area contributed by atoms with Crippen LogP contribution in [0.15, 0.2) is 41.3 Å². The van der Waals surface area contributed by atoms with Gasteiger partial charge in [0.2, 0.25) is 10.0 Å². The second kappa shape index (κ2) is 5.78. The van der Waals surface area contributed by atoms with E-state index in [0.717, 1.165) is 5.69 Å². The summed E-state index contributed by atoms with van der Waals surface area (Å²) in [4.78, 5) is 4.30. The van der Waals surface area contributed by atoms with E-state index in [1.165, 1.54) is 18.2 Å². The standard InChI is InChI=1S/C13H14ClN3O2S/c1-9-3-2-4-10(17-9)8-16-20(18,19)11-5-6-12(14)13(15)7-11/h2-7,16H,8,15H2,1H3. The number of pyridine rings is 1. The van der Waals surface area contributed by atoms with Gasteiger partial charge in [0.25, 0.3) is 0 Å². The molecule has 7 heteroatoms. The Hall–Kier alpha value is -1.63. The number of benzene rings is 1. The van der Waals surface area contributed by atoms with Gasteiger partial charge < -0.3 is 5.73 Å². The van der Waals surface area contributed by atoms with E-state index < -0.39 is 10.0 Å². The van der Waals surface area contributed by atoms with Gasteiger partial charge in [-0.1, -0.05) is 17.7 Å². The van der Waals surface area contributed by atoms with E-state index in [1.54, 1.807) is 6.07 Å². The molecule has 0 spiro atoms. The first-order valence-corrected chi connectivity index (χ1v) is 7.72. The molecule has 0 bridgehead atoms. The summed E-state index contributed by atoms with van der Waals surface area (Å²) < 4.78 is 26.7. The van der Waals surface area contributed by atoms with Gasteiger partial charge in [0.15, 0.2) is 0 Å². The Kier molecular flexibility index (Phi) is 4.27. The molecule has 0 aliphatic rings. The van der Waals surface area contributed by atoms with Crippen molar-refractivity contribution in [3.05, 3.63) is 52.8 Å². The van der Waals surface area contributed by atoms with Gasteiger partial charge in [0.1, 0.15) is 0 Å². The minimum absolute atomic E-state index is 0.0760. The highest BCUT2D eigenvalue weighted by Gasteiger charge is 2.15. The predicted octanol–water partition coefficient (Wildman–Crippen LogP) is 2.10. The molecule has 0 aliphatic heterocycles. The van der Waals surface area contributed by atoms with Crippen LogP contribution in [-0.4, -0.2) is 13.4 Å². The third-order valence-corrected chi connectivity index (χ3v) is 4.41. The lowest BCUT2D eigenvalue weighted by Gasteiger charge is -2.08. The fourth-order valence-corrected chi connectivity index (χ4v) is 2.79. The van der Waals surface area contributed by atoms with Crippen LogP contribution in [0.25, 0.3) is 0 Å². The van der Waals surface area contributed by atoms with Crippen LogP contribution in [0, 0.1) is 6.92 Å². The fraction of sp³-hybridized carbons (Fsp3) is 0.154. The maximum absolute atomic E-state index is 12.1. The van der Waals surface area contributed by atoms with Crippen LogP contribution < -0.4 is 10.5 Å². The summed E-state index contributed by atoms with van der Waals surface area (Å²) in [6, 6.07) is 9.62. The Morgan fingerprint density at radius 1 is 1.30 bits per heavy atom. The number of hydrogen-bond donors (Lipinski definition) is 2. The lowest BCUT2D eigenvalue weighted by atomic mass is 10.3. The number of halogens is 1. The molecular formula is C13H14ClN3O2S. The summed E-state index contributed by atoms with van der Waals surface area (Å²) >= 11 is 5.77. The lowest BCUT2D eigenvalue weighted by molar-refractivity contribution is 0.580. The molecule has 20 heavy (non-hydrogen) atoms. The highest BCUT2D eigenvalue weighted by molar-refractivity contribution is 7.89. The number of nitrogen functional groups attached to an aromatic ring is 1.